The number of aromatic nitrogens is 1. The lowest BCUT2D eigenvalue weighted by atomic mass is 9.88. The molecule has 2 aromatic heterocycles. The van der Waals surface area contributed by atoms with Crippen LogP contribution >= 0.6 is 11.3 Å². The number of nitrogens with one attached hydrogen (secondary N) is 2. The summed E-state index contributed by atoms with van der Waals surface area (Å²) in [6.07, 6.45) is 8.02. The van der Waals surface area contributed by atoms with Gasteiger partial charge >= 0.3 is 0 Å². The highest BCUT2D eigenvalue weighted by Gasteiger charge is 2.31. The number of carbonyl (C=O) groups is 1. The zero-order chi connectivity index (χ0) is 23.0. The number of benzene rings is 1. The summed E-state index contributed by atoms with van der Waals surface area (Å²) in [5, 5.41) is 6.84. The Hall–Kier alpha value is -2.75. The number of sulfonamides is 1. The van der Waals surface area contributed by atoms with E-state index >= 15 is 0 Å². The van der Waals surface area contributed by atoms with Gasteiger partial charge in [0, 0.05) is 16.8 Å². The van der Waals surface area contributed by atoms with Crippen molar-refractivity contribution in [2.45, 2.75) is 49.3 Å². The topological polar surface area (TPSA) is 101 Å². The molecule has 0 bridgehead atoms. The van der Waals surface area contributed by atoms with Crippen molar-refractivity contribution in [2.75, 3.05) is 5.32 Å². The molecule has 2 aliphatic carbocycles. The minimum absolute atomic E-state index is 0.0178. The first-order chi connectivity index (χ1) is 15.9. The molecular weight excluding hydrogens is 458 g/mol. The summed E-state index contributed by atoms with van der Waals surface area (Å²) in [7, 11) is -3.65. The highest BCUT2D eigenvalue weighted by molar-refractivity contribution is 7.91. The number of aryl methyl sites for hydroxylation is 2. The van der Waals surface area contributed by atoms with Gasteiger partial charge in [0.15, 0.2) is 5.76 Å². The highest BCUT2D eigenvalue weighted by atomic mass is 32.2. The van der Waals surface area contributed by atoms with Gasteiger partial charge in [-0.05, 0) is 74.4 Å². The Morgan fingerprint density at radius 2 is 1.97 bits per heavy atom. The Bertz CT molecular complexity index is 1320. The predicted molar refractivity (Wildman–Crippen MR) is 128 cm³/mol. The zero-order valence-corrected chi connectivity index (χ0v) is 19.8. The lowest BCUT2D eigenvalue weighted by Crippen LogP contribution is -2.30. The Morgan fingerprint density at radius 3 is 2.79 bits per heavy atom. The number of carbonyl (C=O) groups excluding carboxylic acids is 1. The number of hydrogen-bond acceptors (Lipinski definition) is 6. The van der Waals surface area contributed by atoms with E-state index in [4.69, 9.17) is 4.52 Å². The van der Waals surface area contributed by atoms with E-state index in [2.05, 4.69) is 21.3 Å². The van der Waals surface area contributed by atoms with Crippen molar-refractivity contribution in [3.63, 3.8) is 0 Å². The number of nitrogens with zero attached hydrogens (tertiary/aromatic N) is 1. The van der Waals surface area contributed by atoms with E-state index in [1.54, 1.807) is 31.2 Å². The maximum Gasteiger partial charge on any atom is 0.250 e. The van der Waals surface area contributed by atoms with Gasteiger partial charge in [-0.1, -0.05) is 29.4 Å². The van der Waals surface area contributed by atoms with Crippen molar-refractivity contribution >= 4 is 45.1 Å². The van der Waals surface area contributed by atoms with Crippen LogP contribution in [0.3, 0.4) is 0 Å². The molecule has 2 N–H and O–H groups in total. The van der Waals surface area contributed by atoms with Crippen LogP contribution in [0.2, 0.25) is 0 Å². The first-order valence-corrected chi connectivity index (χ1v) is 13.4. The third kappa shape index (κ3) is 4.80. The van der Waals surface area contributed by atoms with E-state index in [9.17, 15) is 13.2 Å². The maximum atomic E-state index is 13.0. The molecule has 33 heavy (non-hydrogen) atoms. The largest absolute Gasteiger partial charge is 0.354 e. The molecule has 1 aromatic carbocycles. The standard InChI is InChI=1S/C24H25N3O4S2/c1-15-23(25-24(28)17-9-10-17)21(31-26-15)13-11-18-12-14-22(32-18)33(29,30)27-20-8-4-6-16-5-2-3-7-19(16)20/h2-3,5,7,11-14,17,20,27H,4,6,8-10H2,1H3,(H,25,28)/b13-11+. The lowest BCUT2D eigenvalue weighted by Gasteiger charge is -2.25. The van der Waals surface area contributed by atoms with E-state index in [1.807, 2.05) is 18.2 Å². The van der Waals surface area contributed by atoms with Crippen molar-refractivity contribution in [1.29, 1.82) is 0 Å². The van der Waals surface area contributed by atoms with Crippen molar-refractivity contribution in [2.24, 2.45) is 5.92 Å². The first-order valence-electron chi connectivity index (χ1n) is 11.1. The van der Waals surface area contributed by atoms with Crippen LogP contribution in [0.15, 0.2) is 45.1 Å². The molecule has 9 heteroatoms. The van der Waals surface area contributed by atoms with Gasteiger partial charge in [0.1, 0.15) is 15.6 Å². The average molecular weight is 484 g/mol. The summed E-state index contributed by atoms with van der Waals surface area (Å²) in [5.41, 5.74) is 3.43. The van der Waals surface area contributed by atoms with Crippen molar-refractivity contribution in [1.82, 2.24) is 9.88 Å². The van der Waals surface area contributed by atoms with Crippen LogP contribution in [-0.4, -0.2) is 19.5 Å². The van der Waals surface area contributed by atoms with Gasteiger partial charge in [0.25, 0.3) is 10.0 Å². The molecule has 0 saturated heterocycles. The van der Waals surface area contributed by atoms with E-state index in [1.165, 1.54) is 16.9 Å². The third-order valence-corrected chi connectivity index (χ3v) is 9.03. The summed E-state index contributed by atoms with van der Waals surface area (Å²) in [6.45, 7) is 1.77. The summed E-state index contributed by atoms with van der Waals surface area (Å²) < 4.78 is 34.6. The predicted octanol–water partition coefficient (Wildman–Crippen LogP) is 4.92. The Balaban J connectivity index is 1.31. The summed E-state index contributed by atoms with van der Waals surface area (Å²) in [6, 6.07) is 11.2. The van der Waals surface area contributed by atoms with E-state index in [-0.39, 0.29) is 22.1 Å². The molecule has 1 atom stereocenters. The molecular formula is C24H25N3O4S2. The fraction of sp³-hybridized carbons (Fsp3) is 0.333. The van der Waals surface area contributed by atoms with Gasteiger partial charge in [-0.2, -0.15) is 0 Å². The van der Waals surface area contributed by atoms with E-state index in [0.29, 0.717) is 17.1 Å². The van der Waals surface area contributed by atoms with Gasteiger partial charge in [0.2, 0.25) is 5.91 Å². The van der Waals surface area contributed by atoms with E-state index in [0.717, 1.165) is 42.5 Å². The number of anilines is 1. The van der Waals surface area contributed by atoms with Gasteiger partial charge in [-0.3, -0.25) is 4.79 Å². The highest BCUT2D eigenvalue weighted by Crippen LogP contribution is 2.34. The minimum Gasteiger partial charge on any atom is -0.354 e. The van der Waals surface area contributed by atoms with Crippen LogP contribution < -0.4 is 10.0 Å². The van der Waals surface area contributed by atoms with Gasteiger partial charge in [-0.15, -0.1) is 11.3 Å². The Kier molecular flexibility index (Phi) is 5.94. The average Bonchev–Trinajstić information content (AvgIpc) is 3.45. The van der Waals surface area contributed by atoms with Gasteiger partial charge < -0.3 is 9.84 Å². The molecule has 0 aliphatic heterocycles. The molecule has 2 heterocycles. The van der Waals surface area contributed by atoms with Crippen molar-refractivity contribution in [3.05, 3.63) is 63.9 Å². The molecule has 172 valence electrons. The number of fused-ring (bicyclic) bond motifs is 1. The normalized spacial score (nSPS) is 18.4. The maximum absolute atomic E-state index is 13.0. The molecule has 5 rings (SSSR count). The molecule has 3 aromatic rings. The van der Waals surface area contributed by atoms with Gasteiger partial charge in [0.05, 0.1) is 0 Å². The SMILES string of the molecule is Cc1noc(/C=C/c2ccc(S(=O)(=O)NC3CCCc4ccccc43)s2)c1NC(=O)C1CC1. The van der Waals surface area contributed by atoms with Crippen molar-refractivity contribution in [3.8, 4) is 0 Å². The van der Waals surface area contributed by atoms with Crippen LogP contribution in [0.4, 0.5) is 5.69 Å². The second kappa shape index (κ2) is 8.89. The van der Waals surface area contributed by atoms with Crippen LogP contribution in [-0.2, 0) is 21.2 Å². The number of rotatable bonds is 7. The van der Waals surface area contributed by atoms with Gasteiger partial charge in [-0.25, -0.2) is 13.1 Å². The molecule has 2 aliphatic rings. The minimum atomic E-state index is -3.65. The summed E-state index contributed by atoms with van der Waals surface area (Å²) in [4.78, 5) is 12.9. The molecule has 1 saturated carbocycles. The molecule has 7 nitrogen and oxygen atoms in total. The van der Waals surface area contributed by atoms with Crippen molar-refractivity contribution < 1.29 is 17.7 Å². The van der Waals surface area contributed by atoms with Crippen LogP contribution in [0.1, 0.15) is 59.2 Å². The summed E-state index contributed by atoms with van der Waals surface area (Å²) >= 11 is 1.18. The monoisotopic (exact) mass is 483 g/mol. The molecule has 1 fully saturated rings. The number of thiophene rings is 1. The third-order valence-electron chi connectivity index (χ3n) is 6.02. The Labute approximate surface area is 196 Å². The Morgan fingerprint density at radius 1 is 1.15 bits per heavy atom. The molecule has 0 spiro atoms. The summed E-state index contributed by atoms with van der Waals surface area (Å²) in [5.74, 6) is 0.497. The fourth-order valence-electron chi connectivity index (χ4n) is 4.07. The van der Waals surface area contributed by atoms with Crippen LogP contribution in [0.25, 0.3) is 12.2 Å². The molecule has 1 unspecified atom stereocenters. The second-order valence-electron chi connectivity index (χ2n) is 8.53. The zero-order valence-electron chi connectivity index (χ0n) is 18.2. The number of hydrogen-bond donors (Lipinski definition) is 2. The smallest absolute Gasteiger partial charge is 0.250 e. The lowest BCUT2D eigenvalue weighted by molar-refractivity contribution is -0.117. The quantitative estimate of drug-likeness (QED) is 0.497. The van der Waals surface area contributed by atoms with Crippen LogP contribution in [0.5, 0.6) is 0 Å². The molecule has 0 radical (unpaired) electrons. The van der Waals surface area contributed by atoms with Crippen LogP contribution in [0, 0.1) is 12.8 Å². The fourth-order valence-corrected chi connectivity index (χ4v) is 6.57. The first kappa shape index (κ1) is 22.1. The molecule has 1 amide bonds. The second-order valence-corrected chi connectivity index (χ2v) is 11.6. The number of amides is 1. The van der Waals surface area contributed by atoms with E-state index < -0.39 is 10.0 Å².